The summed E-state index contributed by atoms with van der Waals surface area (Å²) in [7, 11) is 0. The van der Waals surface area contributed by atoms with Crippen molar-refractivity contribution in [3.05, 3.63) is 30.1 Å². The summed E-state index contributed by atoms with van der Waals surface area (Å²) in [6.45, 7) is 2.28. The lowest BCUT2D eigenvalue weighted by Crippen LogP contribution is -2.46. The van der Waals surface area contributed by atoms with E-state index in [9.17, 15) is 9.50 Å². The molecule has 2 N–H and O–H groups in total. The number of hydrogen-bond donors (Lipinski definition) is 2. The van der Waals surface area contributed by atoms with E-state index in [1.807, 2.05) is 12.1 Å². The van der Waals surface area contributed by atoms with Gasteiger partial charge in [-0.3, -0.25) is 0 Å². The van der Waals surface area contributed by atoms with Gasteiger partial charge in [0.15, 0.2) is 0 Å². The van der Waals surface area contributed by atoms with Gasteiger partial charge >= 0.3 is 0 Å². The molecule has 2 nitrogen and oxygen atoms in total. The molecular formula is C15H22FNOS. The van der Waals surface area contributed by atoms with Gasteiger partial charge in [0, 0.05) is 16.5 Å². The first-order chi connectivity index (χ1) is 9.11. The van der Waals surface area contributed by atoms with Crippen LogP contribution < -0.4 is 5.32 Å². The zero-order chi connectivity index (χ0) is 13.7. The molecule has 0 amide bonds. The van der Waals surface area contributed by atoms with Crippen LogP contribution in [0.4, 0.5) is 4.39 Å². The Morgan fingerprint density at radius 3 is 2.63 bits per heavy atom. The molecule has 106 valence electrons. The van der Waals surface area contributed by atoms with Crippen LogP contribution in [-0.2, 0) is 0 Å². The minimum Gasteiger partial charge on any atom is -0.394 e. The van der Waals surface area contributed by atoms with Crippen LogP contribution in [0.5, 0.6) is 0 Å². The highest BCUT2D eigenvalue weighted by molar-refractivity contribution is 7.99. The molecule has 1 unspecified atom stereocenters. The van der Waals surface area contributed by atoms with Gasteiger partial charge < -0.3 is 10.4 Å². The Morgan fingerprint density at radius 2 is 2.05 bits per heavy atom. The number of aliphatic hydroxyl groups excluding tert-OH is 1. The standard InChI is InChI=1S/C15H22FNOS/c1-15(11-18,17-13-5-6-13)9-2-10-19-14-7-3-12(16)4-8-14/h3-4,7-8,13,17-18H,2,5-6,9-11H2,1H3. The Hall–Kier alpha value is -0.580. The number of benzene rings is 1. The Kier molecular flexibility index (Phi) is 5.25. The average molecular weight is 283 g/mol. The summed E-state index contributed by atoms with van der Waals surface area (Å²) in [4.78, 5) is 1.10. The summed E-state index contributed by atoms with van der Waals surface area (Å²) >= 11 is 1.74. The summed E-state index contributed by atoms with van der Waals surface area (Å²) in [5.74, 6) is 0.805. The highest BCUT2D eigenvalue weighted by atomic mass is 32.2. The van der Waals surface area contributed by atoms with Crippen molar-refractivity contribution in [1.29, 1.82) is 0 Å². The third-order valence-electron chi connectivity index (χ3n) is 3.43. The van der Waals surface area contributed by atoms with E-state index in [4.69, 9.17) is 0 Å². The van der Waals surface area contributed by atoms with Gasteiger partial charge in [-0.1, -0.05) is 0 Å². The largest absolute Gasteiger partial charge is 0.394 e. The molecule has 0 aliphatic heterocycles. The van der Waals surface area contributed by atoms with E-state index in [0.29, 0.717) is 6.04 Å². The molecule has 0 radical (unpaired) electrons. The molecule has 4 heteroatoms. The second-order valence-electron chi connectivity index (χ2n) is 5.54. The van der Waals surface area contributed by atoms with E-state index >= 15 is 0 Å². The number of hydrogen-bond acceptors (Lipinski definition) is 3. The summed E-state index contributed by atoms with van der Waals surface area (Å²) in [5.41, 5.74) is -0.148. The summed E-state index contributed by atoms with van der Waals surface area (Å²) in [5, 5.41) is 13.0. The predicted octanol–water partition coefficient (Wildman–Crippen LogP) is 3.20. The van der Waals surface area contributed by atoms with Gasteiger partial charge in [0.1, 0.15) is 5.82 Å². The Balaban J connectivity index is 1.68. The van der Waals surface area contributed by atoms with Gasteiger partial charge in [-0.15, -0.1) is 11.8 Å². The zero-order valence-electron chi connectivity index (χ0n) is 11.4. The van der Waals surface area contributed by atoms with E-state index in [1.165, 1.54) is 25.0 Å². The Morgan fingerprint density at radius 1 is 1.37 bits per heavy atom. The van der Waals surface area contributed by atoms with Crippen molar-refractivity contribution < 1.29 is 9.50 Å². The maximum Gasteiger partial charge on any atom is 0.123 e. The monoisotopic (exact) mass is 283 g/mol. The first-order valence-electron chi connectivity index (χ1n) is 6.88. The molecule has 0 aromatic heterocycles. The Labute approximate surface area is 118 Å². The third kappa shape index (κ3) is 5.13. The van der Waals surface area contributed by atoms with Crippen LogP contribution in [0, 0.1) is 5.82 Å². The van der Waals surface area contributed by atoms with E-state index in [2.05, 4.69) is 12.2 Å². The average Bonchev–Trinajstić information content (AvgIpc) is 3.21. The van der Waals surface area contributed by atoms with Gasteiger partial charge in [-0.25, -0.2) is 4.39 Å². The number of halogens is 1. The van der Waals surface area contributed by atoms with Crippen molar-refractivity contribution in [2.45, 2.75) is 49.1 Å². The normalized spacial score (nSPS) is 18.3. The van der Waals surface area contributed by atoms with E-state index < -0.39 is 0 Å². The molecule has 1 aliphatic rings. The van der Waals surface area contributed by atoms with Crippen LogP contribution in [0.3, 0.4) is 0 Å². The van der Waals surface area contributed by atoms with E-state index in [0.717, 1.165) is 23.5 Å². The van der Waals surface area contributed by atoms with Gasteiger partial charge in [0.05, 0.1) is 6.61 Å². The van der Waals surface area contributed by atoms with Crippen LogP contribution in [0.15, 0.2) is 29.2 Å². The van der Waals surface area contributed by atoms with E-state index in [1.54, 1.807) is 11.8 Å². The van der Waals surface area contributed by atoms with Crippen LogP contribution in [0.25, 0.3) is 0 Å². The second kappa shape index (κ2) is 6.73. The molecule has 1 aromatic carbocycles. The van der Waals surface area contributed by atoms with Crippen LogP contribution in [-0.4, -0.2) is 29.0 Å². The molecular weight excluding hydrogens is 261 g/mol. The van der Waals surface area contributed by atoms with Crippen molar-refractivity contribution in [2.24, 2.45) is 0 Å². The highest BCUT2D eigenvalue weighted by Gasteiger charge is 2.31. The molecule has 1 atom stereocenters. The van der Waals surface area contributed by atoms with Crippen molar-refractivity contribution in [3.63, 3.8) is 0 Å². The highest BCUT2D eigenvalue weighted by Crippen LogP contribution is 2.26. The zero-order valence-corrected chi connectivity index (χ0v) is 12.2. The summed E-state index contributed by atoms with van der Waals surface area (Å²) in [6, 6.07) is 7.23. The van der Waals surface area contributed by atoms with E-state index in [-0.39, 0.29) is 18.0 Å². The summed E-state index contributed by atoms with van der Waals surface area (Å²) < 4.78 is 12.8. The first-order valence-corrected chi connectivity index (χ1v) is 7.87. The minimum atomic E-state index is -0.189. The van der Waals surface area contributed by atoms with Crippen LogP contribution >= 0.6 is 11.8 Å². The lowest BCUT2D eigenvalue weighted by Gasteiger charge is -2.29. The fourth-order valence-electron chi connectivity index (χ4n) is 2.10. The second-order valence-corrected chi connectivity index (χ2v) is 6.71. The van der Waals surface area contributed by atoms with Crippen molar-refractivity contribution >= 4 is 11.8 Å². The topological polar surface area (TPSA) is 32.3 Å². The van der Waals surface area contributed by atoms with Crippen molar-refractivity contribution in [1.82, 2.24) is 5.32 Å². The lowest BCUT2D eigenvalue weighted by molar-refractivity contribution is 0.163. The fourth-order valence-corrected chi connectivity index (χ4v) is 2.95. The molecule has 0 bridgehead atoms. The number of rotatable bonds is 8. The quantitative estimate of drug-likeness (QED) is 0.567. The Bertz CT molecular complexity index is 394. The molecule has 2 rings (SSSR count). The fraction of sp³-hybridized carbons (Fsp3) is 0.600. The van der Waals surface area contributed by atoms with Gasteiger partial charge in [-0.05, 0) is 62.6 Å². The van der Waals surface area contributed by atoms with Crippen LogP contribution in [0.1, 0.15) is 32.6 Å². The van der Waals surface area contributed by atoms with Gasteiger partial charge in [-0.2, -0.15) is 0 Å². The van der Waals surface area contributed by atoms with Gasteiger partial charge in [0.2, 0.25) is 0 Å². The first kappa shape index (κ1) is 14.8. The SMILES string of the molecule is CC(CO)(CCCSc1ccc(F)cc1)NC1CC1. The molecule has 1 saturated carbocycles. The van der Waals surface area contributed by atoms with Crippen LogP contribution in [0.2, 0.25) is 0 Å². The number of aliphatic hydroxyl groups is 1. The van der Waals surface area contributed by atoms with Crippen molar-refractivity contribution in [2.75, 3.05) is 12.4 Å². The predicted molar refractivity (Wildman–Crippen MR) is 78.0 cm³/mol. The maximum absolute atomic E-state index is 12.8. The molecule has 0 heterocycles. The van der Waals surface area contributed by atoms with Crippen molar-refractivity contribution in [3.8, 4) is 0 Å². The maximum atomic E-state index is 12.8. The lowest BCUT2D eigenvalue weighted by atomic mass is 9.97. The number of nitrogens with one attached hydrogen (secondary N) is 1. The summed E-state index contributed by atoms with van der Waals surface area (Å²) in [6.07, 6.45) is 4.48. The third-order valence-corrected chi connectivity index (χ3v) is 4.53. The molecule has 0 spiro atoms. The smallest absolute Gasteiger partial charge is 0.123 e. The molecule has 1 fully saturated rings. The number of thioether (sulfide) groups is 1. The molecule has 1 aromatic rings. The molecule has 1 aliphatic carbocycles. The minimum absolute atomic E-state index is 0.148. The molecule has 19 heavy (non-hydrogen) atoms. The van der Waals surface area contributed by atoms with Gasteiger partial charge in [0.25, 0.3) is 0 Å². The molecule has 0 saturated heterocycles.